The molecule has 0 bridgehead atoms. The van der Waals surface area contributed by atoms with Crippen LogP contribution in [0.3, 0.4) is 0 Å². The molecule has 5 heterocycles. The third-order valence-electron chi connectivity index (χ3n) is 10.8. The van der Waals surface area contributed by atoms with Gasteiger partial charge in [-0.1, -0.05) is 78.9 Å². The molecular formula is C51H33N5. The molecule has 0 atom stereocenters. The van der Waals surface area contributed by atoms with Crippen molar-refractivity contribution in [3.63, 3.8) is 0 Å². The predicted octanol–water partition coefficient (Wildman–Crippen LogP) is 12.7. The SMILES string of the molecule is c1ccc(-n2c3ccccc3c3c(-c4ccc5c6ncccc6n(-c6cccc(-c7cc(-c8ccccn8)cc(-c8ccccn8)c7)c6)c5c4)cccc32)cc1. The van der Waals surface area contributed by atoms with Gasteiger partial charge in [0.2, 0.25) is 0 Å². The van der Waals surface area contributed by atoms with Crippen LogP contribution in [0.5, 0.6) is 0 Å². The van der Waals surface area contributed by atoms with Gasteiger partial charge in [0, 0.05) is 57.3 Å². The minimum Gasteiger partial charge on any atom is -0.309 e. The van der Waals surface area contributed by atoms with Gasteiger partial charge in [-0.05, 0) is 125 Å². The molecule has 6 aromatic carbocycles. The zero-order valence-electron chi connectivity index (χ0n) is 30.3. The molecule has 11 aromatic rings. The first-order chi connectivity index (χ1) is 27.8. The summed E-state index contributed by atoms with van der Waals surface area (Å²) in [6, 6.07) is 64.6. The third-order valence-corrected chi connectivity index (χ3v) is 10.8. The summed E-state index contributed by atoms with van der Waals surface area (Å²) in [5.41, 5.74) is 16.2. The lowest BCUT2D eigenvalue weighted by atomic mass is 9.96. The molecule has 0 aliphatic heterocycles. The van der Waals surface area contributed by atoms with E-state index in [1.165, 1.54) is 27.4 Å². The van der Waals surface area contributed by atoms with E-state index in [0.29, 0.717) is 0 Å². The molecule has 0 fully saturated rings. The average Bonchev–Trinajstić information content (AvgIpc) is 3.80. The van der Waals surface area contributed by atoms with Crippen LogP contribution in [0.2, 0.25) is 0 Å². The van der Waals surface area contributed by atoms with Crippen molar-refractivity contribution < 1.29 is 0 Å². The maximum atomic E-state index is 4.92. The largest absolute Gasteiger partial charge is 0.309 e. The van der Waals surface area contributed by atoms with Crippen LogP contribution in [-0.2, 0) is 0 Å². The van der Waals surface area contributed by atoms with Crippen LogP contribution in [0.25, 0.3) is 99.9 Å². The molecule has 5 nitrogen and oxygen atoms in total. The Balaban J connectivity index is 1.11. The molecule has 56 heavy (non-hydrogen) atoms. The number of para-hydroxylation sites is 2. The molecule has 5 aromatic heterocycles. The first-order valence-electron chi connectivity index (χ1n) is 18.8. The minimum atomic E-state index is 0.922. The summed E-state index contributed by atoms with van der Waals surface area (Å²) >= 11 is 0. The van der Waals surface area contributed by atoms with Gasteiger partial charge in [-0.25, -0.2) is 0 Å². The van der Waals surface area contributed by atoms with Gasteiger partial charge in [0.05, 0.1) is 39.0 Å². The Bertz CT molecular complexity index is 3180. The molecule has 262 valence electrons. The molecule has 0 radical (unpaired) electrons. The fourth-order valence-corrected chi connectivity index (χ4v) is 8.37. The second-order valence-corrected chi connectivity index (χ2v) is 14.1. The van der Waals surface area contributed by atoms with Crippen molar-refractivity contribution in [1.29, 1.82) is 0 Å². The van der Waals surface area contributed by atoms with E-state index in [9.17, 15) is 0 Å². The zero-order chi connectivity index (χ0) is 37.0. The van der Waals surface area contributed by atoms with Crippen molar-refractivity contribution in [1.82, 2.24) is 24.1 Å². The lowest BCUT2D eigenvalue weighted by Crippen LogP contribution is -1.95. The van der Waals surface area contributed by atoms with Gasteiger partial charge < -0.3 is 9.13 Å². The summed E-state index contributed by atoms with van der Waals surface area (Å²) in [6.07, 6.45) is 5.57. The van der Waals surface area contributed by atoms with E-state index in [-0.39, 0.29) is 0 Å². The fraction of sp³-hybridized carbons (Fsp3) is 0. The van der Waals surface area contributed by atoms with Crippen LogP contribution in [0.15, 0.2) is 201 Å². The monoisotopic (exact) mass is 715 g/mol. The highest BCUT2D eigenvalue weighted by molar-refractivity contribution is 6.17. The van der Waals surface area contributed by atoms with Gasteiger partial charge in [-0.3, -0.25) is 15.0 Å². The van der Waals surface area contributed by atoms with E-state index < -0.39 is 0 Å². The van der Waals surface area contributed by atoms with E-state index in [2.05, 4.69) is 161 Å². The van der Waals surface area contributed by atoms with Gasteiger partial charge in [0.25, 0.3) is 0 Å². The Morgan fingerprint density at radius 3 is 1.75 bits per heavy atom. The summed E-state index contributed by atoms with van der Waals surface area (Å²) < 4.78 is 4.74. The predicted molar refractivity (Wildman–Crippen MR) is 230 cm³/mol. The number of hydrogen-bond donors (Lipinski definition) is 0. The van der Waals surface area contributed by atoms with Crippen molar-refractivity contribution in [2.45, 2.75) is 0 Å². The van der Waals surface area contributed by atoms with Crippen molar-refractivity contribution in [3.8, 4) is 56.1 Å². The molecule has 0 unspecified atom stereocenters. The molecule has 0 aliphatic rings. The summed E-state index contributed by atoms with van der Waals surface area (Å²) in [5, 5.41) is 3.59. The molecule has 11 rings (SSSR count). The summed E-state index contributed by atoms with van der Waals surface area (Å²) in [7, 11) is 0. The van der Waals surface area contributed by atoms with Crippen LogP contribution >= 0.6 is 0 Å². The molecule has 0 N–H and O–H groups in total. The molecule has 0 saturated carbocycles. The summed E-state index contributed by atoms with van der Waals surface area (Å²) in [4.78, 5) is 14.3. The number of hydrogen-bond acceptors (Lipinski definition) is 3. The van der Waals surface area contributed by atoms with E-state index in [1.54, 1.807) is 0 Å². The topological polar surface area (TPSA) is 48.5 Å². The van der Waals surface area contributed by atoms with Gasteiger partial charge in [-0.15, -0.1) is 0 Å². The molecule has 0 saturated heterocycles. The van der Waals surface area contributed by atoms with E-state index >= 15 is 0 Å². The maximum Gasteiger partial charge on any atom is 0.0963 e. The van der Waals surface area contributed by atoms with E-state index in [1.807, 2.05) is 48.9 Å². The Morgan fingerprint density at radius 2 is 0.964 bits per heavy atom. The van der Waals surface area contributed by atoms with Crippen LogP contribution in [-0.4, -0.2) is 24.1 Å². The second-order valence-electron chi connectivity index (χ2n) is 14.1. The van der Waals surface area contributed by atoms with Crippen LogP contribution in [0.1, 0.15) is 0 Å². The standard InChI is InChI=1S/C51H33N5/c1-2-14-39(15-3-1)55-46-21-5-4-17-42(46)50-41(18-11-22-47(50)55)35-24-25-43-49(33-35)56(48-23-12-28-54-51(43)48)40-16-10-13-34(32-40)36-29-37(44-19-6-8-26-52-44)31-38(30-36)45-20-7-9-27-53-45/h1-33H. The highest BCUT2D eigenvalue weighted by Gasteiger charge is 2.19. The average molecular weight is 716 g/mol. The van der Waals surface area contributed by atoms with Gasteiger partial charge in [0.15, 0.2) is 0 Å². The fourth-order valence-electron chi connectivity index (χ4n) is 8.37. The third kappa shape index (κ3) is 5.21. The minimum absolute atomic E-state index is 0.922. The first-order valence-corrected chi connectivity index (χ1v) is 18.8. The van der Waals surface area contributed by atoms with Crippen molar-refractivity contribution in [2.75, 3.05) is 0 Å². The van der Waals surface area contributed by atoms with E-state index in [0.717, 1.165) is 72.5 Å². The number of fused-ring (bicyclic) bond motifs is 6. The zero-order valence-corrected chi connectivity index (χ0v) is 30.3. The van der Waals surface area contributed by atoms with Gasteiger partial charge >= 0.3 is 0 Å². The number of rotatable bonds is 6. The highest BCUT2D eigenvalue weighted by atomic mass is 15.0. The molecule has 0 aliphatic carbocycles. The van der Waals surface area contributed by atoms with Crippen molar-refractivity contribution >= 4 is 43.7 Å². The highest BCUT2D eigenvalue weighted by Crippen LogP contribution is 2.41. The summed E-state index contributed by atoms with van der Waals surface area (Å²) in [5.74, 6) is 0. The number of benzene rings is 6. The Hall–Kier alpha value is -7.63. The Labute approximate surface area is 323 Å². The number of aromatic nitrogens is 5. The van der Waals surface area contributed by atoms with Gasteiger partial charge in [0.1, 0.15) is 0 Å². The van der Waals surface area contributed by atoms with E-state index in [4.69, 9.17) is 15.0 Å². The maximum absolute atomic E-state index is 4.92. The summed E-state index contributed by atoms with van der Waals surface area (Å²) in [6.45, 7) is 0. The lowest BCUT2D eigenvalue weighted by Gasteiger charge is -2.13. The molecular weight excluding hydrogens is 683 g/mol. The first kappa shape index (κ1) is 31.9. The Morgan fingerprint density at radius 1 is 0.321 bits per heavy atom. The number of pyridine rings is 3. The van der Waals surface area contributed by atoms with Crippen molar-refractivity contribution in [2.24, 2.45) is 0 Å². The Kier molecular flexibility index (Phi) is 7.42. The van der Waals surface area contributed by atoms with Crippen LogP contribution in [0, 0.1) is 0 Å². The smallest absolute Gasteiger partial charge is 0.0963 e. The van der Waals surface area contributed by atoms with Crippen molar-refractivity contribution in [3.05, 3.63) is 201 Å². The second kappa shape index (κ2) is 13.0. The van der Waals surface area contributed by atoms with Crippen LogP contribution < -0.4 is 0 Å². The number of nitrogens with zero attached hydrogens (tertiary/aromatic N) is 5. The van der Waals surface area contributed by atoms with Gasteiger partial charge in [-0.2, -0.15) is 0 Å². The molecule has 5 heteroatoms. The normalized spacial score (nSPS) is 11.6. The molecule has 0 amide bonds. The molecule has 0 spiro atoms. The lowest BCUT2D eigenvalue weighted by molar-refractivity contribution is 1.18. The quantitative estimate of drug-likeness (QED) is 0.172. The van der Waals surface area contributed by atoms with Crippen LogP contribution in [0.4, 0.5) is 0 Å².